The third-order valence-electron chi connectivity index (χ3n) is 7.43. The predicted octanol–water partition coefficient (Wildman–Crippen LogP) is 5.43. The quantitative estimate of drug-likeness (QED) is 0.244. The van der Waals surface area contributed by atoms with Crippen LogP contribution in [0.3, 0.4) is 0 Å². The van der Waals surface area contributed by atoms with Gasteiger partial charge in [-0.1, -0.05) is 0 Å². The average Bonchev–Trinajstić information content (AvgIpc) is 2.92. The Morgan fingerprint density at radius 1 is 1.16 bits per heavy atom. The Hall–Kier alpha value is -2.82. The minimum Gasteiger partial charge on any atom is -0.497 e. The van der Waals surface area contributed by atoms with E-state index in [1.54, 1.807) is 13.3 Å². The van der Waals surface area contributed by atoms with E-state index in [0.29, 0.717) is 68.1 Å². The van der Waals surface area contributed by atoms with Gasteiger partial charge in [0.25, 0.3) is 0 Å². The number of methoxy groups -OCH3 is 1. The number of ether oxygens (including phenoxy) is 1. The van der Waals surface area contributed by atoms with Gasteiger partial charge in [-0.05, 0) is 86.7 Å². The monoisotopic (exact) mass is 548 g/mol. The molecule has 1 fully saturated rings. The lowest BCUT2D eigenvalue weighted by molar-refractivity contribution is -0.152. The maximum Gasteiger partial charge on any atom is 0.309 e. The minimum absolute atomic E-state index is 0.149. The zero-order chi connectivity index (χ0) is 27.3. The van der Waals surface area contributed by atoms with Crippen LogP contribution in [0.4, 0.5) is 13.2 Å². The molecule has 38 heavy (non-hydrogen) atoms. The number of rotatable bonds is 11. The summed E-state index contributed by atoms with van der Waals surface area (Å²) in [5.41, 5.74) is 1.65. The molecule has 0 amide bonds. The van der Waals surface area contributed by atoms with Gasteiger partial charge in [-0.25, -0.2) is 13.2 Å². The molecule has 0 spiro atoms. The van der Waals surface area contributed by atoms with Crippen LogP contribution in [-0.2, 0) is 17.8 Å². The second-order valence-corrected chi connectivity index (χ2v) is 10.8. The molecular formula is C28H31F3N2O4S. The third-order valence-corrected chi connectivity index (χ3v) is 8.38. The van der Waals surface area contributed by atoms with Gasteiger partial charge in [0, 0.05) is 28.8 Å². The number of aliphatic hydroxyl groups excluding tert-OH is 1. The van der Waals surface area contributed by atoms with Crippen LogP contribution in [0.1, 0.15) is 36.8 Å². The smallest absolute Gasteiger partial charge is 0.309 e. The molecule has 0 bridgehead atoms. The molecule has 2 N–H and O–H groups in total. The van der Waals surface area contributed by atoms with Crippen molar-refractivity contribution in [1.82, 2.24) is 9.88 Å². The second kappa shape index (κ2) is 12.4. The first-order chi connectivity index (χ1) is 18.3. The summed E-state index contributed by atoms with van der Waals surface area (Å²) >= 11 is 1.24. The zero-order valence-electron chi connectivity index (χ0n) is 21.2. The number of hydrogen-bond acceptors (Lipinski definition) is 6. The van der Waals surface area contributed by atoms with Gasteiger partial charge in [0.15, 0.2) is 17.5 Å². The molecule has 6 nitrogen and oxygen atoms in total. The molecule has 10 heteroatoms. The number of fused-ring (bicyclic) bond motifs is 1. The van der Waals surface area contributed by atoms with E-state index in [1.165, 1.54) is 11.8 Å². The fraction of sp³-hybridized carbons (Fsp3) is 0.429. The van der Waals surface area contributed by atoms with Crippen LogP contribution in [0, 0.1) is 22.9 Å². The highest BCUT2D eigenvalue weighted by Gasteiger charge is 2.40. The first-order valence-corrected chi connectivity index (χ1v) is 13.5. The van der Waals surface area contributed by atoms with Crippen molar-refractivity contribution in [3.63, 3.8) is 0 Å². The molecule has 0 unspecified atom stereocenters. The van der Waals surface area contributed by atoms with Gasteiger partial charge in [0.1, 0.15) is 5.75 Å². The number of aliphatic hydroxyl groups is 1. The van der Waals surface area contributed by atoms with E-state index in [1.807, 2.05) is 18.2 Å². The Balaban J connectivity index is 1.34. The Morgan fingerprint density at radius 3 is 2.50 bits per heavy atom. The number of aliphatic carboxylic acids is 1. The fourth-order valence-electron chi connectivity index (χ4n) is 5.11. The van der Waals surface area contributed by atoms with Crippen molar-refractivity contribution in [3.8, 4) is 5.75 Å². The number of aryl methyl sites for hydroxylation is 1. The highest BCUT2D eigenvalue weighted by Crippen LogP contribution is 2.38. The fourth-order valence-corrected chi connectivity index (χ4v) is 6.07. The molecule has 204 valence electrons. The number of piperidine rings is 1. The largest absolute Gasteiger partial charge is 0.497 e. The average molecular weight is 549 g/mol. The number of aromatic nitrogens is 1. The first-order valence-electron chi connectivity index (χ1n) is 12.5. The summed E-state index contributed by atoms with van der Waals surface area (Å²) in [7, 11) is 1.59. The lowest BCUT2D eigenvalue weighted by Gasteiger charge is -2.39. The predicted molar refractivity (Wildman–Crippen MR) is 140 cm³/mol. The number of carboxylic acid groups (broad SMARTS) is 1. The summed E-state index contributed by atoms with van der Waals surface area (Å²) in [6.07, 6.45) is 4.45. The molecule has 0 atom stereocenters. The van der Waals surface area contributed by atoms with Crippen LogP contribution >= 0.6 is 11.8 Å². The number of hydrogen-bond donors (Lipinski definition) is 2. The minimum atomic E-state index is -1.47. The van der Waals surface area contributed by atoms with Gasteiger partial charge in [-0.15, -0.1) is 11.8 Å². The van der Waals surface area contributed by atoms with E-state index >= 15 is 0 Å². The van der Waals surface area contributed by atoms with E-state index < -0.39 is 28.8 Å². The van der Waals surface area contributed by atoms with Gasteiger partial charge in [0.2, 0.25) is 0 Å². The van der Waals surface area contributed by atoms with Crippen molar-refractivity contribution in [1.29, 1.82) is 0 Å². The number of likely N-dealkylation sites (tertiary alicyclic amines) is 1. The molecule has 0 radical (unpaired) electrons. The number of benzene rings is 2. The van der Waals surface area contributed by atoms with E-state index in [-0.39, 0.29) is 6.61 Å². The molecule has 0 saturated carbocycles. The lowest BCUT2D eigenvalue weighted by atomic mass is 9.74. The van der Waals surface area contributed by atoms with E-state index in [4.69, 9.17) is 4.74 Å². The van der Waals surface area contributed by atoms with Crippen LogP contribution in [-0.4, -0.2) is 58.6 Å². The molecular weight excluding hydrogens is 517 g/mol. The SMILES string of the molecule is COc1ccc2ncc(CO)c(CCCC3(C(=O)O)CCN(CCSc4cc(F)c(F)c(F)c4)CC3)c2c1. The van der Waals surface area contributed by atoms with Crippen molar-refractivity contribution in [2.45, 2.75) is 43.6 Å². The highest BCUT2D eigenvalue weighted by molar-refractivity contribution is 7.99. The molecule has 1 aliphatic heterocycles. The van der Waals surface area contributed by atoms with Gasteiger partial charge in [-0.3, -0.25) is 9.78 Å². The van der Waals surface area contributed by atoms with Crippen LogP contribution in [0.2, 0.25) is 0 Å². The van der Waals surface area contributed by atoms with Crippen LogP contribution in [0.5, 0.6) is 5.75 Å². The summed E-state index contributed by atoms with van der Waals surface area (Å²) in [5, 5.41) is 20.9. The molecule has 1 aliphatic rings. The van der Waals surface area contributed by atoms with Gasteiger partial charge >= 0.3 is 5.97 Å². The van der Waals surface area contributed by atoms with Crippen molar-refractivity contribution >= 4 is 28.6 Å². The van der Waals surface area contributed by atoms with Crippen LogP contribution < -0.4 is 4.74 Å². The molecule has 1 aromatic heterocycles. The molecule has 3 aromatic rings. The van der Waals surface area contributed by atoms with E-state index in [2.05, 4.69) is 9.88 Å². The Morgan fingerprint density at radius 2 is 1.87 bits per heavy atom. The zero-order valence-corrected chi connectivity index (χ0v) is 22.0. The summed E-state index contributed by atoms with van der Waals surface area (Å²) in [6.45, 7) is 1.70. The highest BCUT2D eigenvalue weighted by atomic mass is 32.2. The maximum absolute atomic E-state index is 13.4. The van der Waals surface area contributed by atoms with Crippen molar-refractivity contribution in [2.24, 2.45) is 5.41 Å². The number of carboxylic acids is 1. The Kier molecular flexibility index (Phi) is 9.17. The van der Waals surface area contributed by atoms with Crippen molar-refractivity contribution < 1.29 is 32.9 Å². The lowest BCUT2D eigenvalue weighted by Crippen LogP contribution is -2.45. The maximum atomic E-state index is 13.4. The van der Waals surface area contributed by atoms with Crippen LogP contribution in [0.25, 0.3) is 10.9 Å². The number of carbonyl (C=O) groups is 1. The molecule has 4 rings (SSSR count). The van der Waals surface area contributed by atoms with Crippen LogP contribution in [0.15, 0.2) is 41.4 Å². The van der Waals surface area contributed by atoms with Gasteiger partial charge in [0.05, 0.1) is 24.6 Å². The summed E-state index contributed by atoms with van der Waals surface area (Å²) in [6, 6.07) is 7.57. The van der Waals surface area contributed by atoms with Gasteiger partial charge in [-0.2, -0.15) is 0 Å². The molecule has 1 saturated heterocycles. The second-order valence-electron chi connectivity index (χ2n) is 9.63. The number of nitrogens with zero attached hydrogens (tertiary/aromatic N) is 2. The topological polar surface area (TPSA) is 82.9 Å². The van der Waals surface area contributed by atoms with Crippen molar-refractivity contribution in [2.75, 3.05) is 32.5 Å². The van der Waals surface area contributed by atoms with Gasteiger partial charge < -0.3 is 19.8 Å². The molecule has 0 aliphatic carbocycles. The third kappa shape index (κ3) is 6.24. The molecule has 2 aromatic carbocycles. The number of pyridine rings is 1. The molecule has 2 heterocycles. The summed E-state index contributed by atoms with van der Waals surface area (Å²) in [4.78, 5) is 19.2. The Labute approximate surface area is 223 Å². The van der Waals surface area contributed by atoms with E-state index in [9.17, 15) is 28.2 Å². The van der Waals surface area contributed by atoms with Crippen molar-refractivity contribution in [3.05, 3.63) is 65.1 Å². The summed E-state index contributed by atoms with van der Waals surface area (Å²) < 4.78 is 45.4. The normalized spacial score (nSPS) is 15.6. The standard InChI is InChI=1S/C28H31F3N2O4S/c1-37-19-4-5-25-22(13-19)21(18(17-34)16-32-25)3-2-6-28(27(35)36)7-9-33(10-8-28)11-12-38-20-14-23(29)26(31)24(30)15-20/h4-5,13-16,34H,2-3,6-12,17H2,1H3,(H,35,36). The number of halogens is 3. The summed E-state index contributed by atoms with van der Waals surface area (Å²) in [5.74, 6) is -3.44. The Bertz CT molecular complexity index is 1270. The van der Waals surface area contributed by atoms with E-state index in [0.717, 1.165) is 34.2 Å². The first kappa shape index (κ1) is 28.2. The number of thioether (sulfide) groups is 1.